The average molecular weight is 183 g/mol. The van der Waals surface area contributed by atoms with Crippen molar-refractivity contribution in [3.63, 3.8) is 0 Å². The number of hydrogen-bond acceptors (Lipinski definition) is 2. The van der Waals surface area contributed by atoms with E-state index in [4.69, 9.17) is 0 Å². The highest BCUT2D eigenvalue weighted by atomic mass is 16.1. The third kappa shape index (κ3) is 2.66. The molecule has 0 amide bonds. The summed E-state index contributed by atoms with van der Waals surface area (Å²) >= 11 is 0. The van der Waals surface area contributed by atoms with Crippen LogP contribution in [-0.4, -0.2) is 29.3 Å². The number of carbonyl (C=O) groups is 1. The minimum atomic E-state index is -0.407. The molecule has 0 radical (unpaired) electrons. The number of hydrogen-bond donors (Lipinski definition) is 0. The molecular weight excluding hydrogens is 162 g/mol. The lowest BCUT2D eigenvalue weighted by molar-refractivity contribution is -0.125. The Bertz CT molecular complexity index is 202. The second-order valence-electron chi connectivity index (χ2n) is 3.84. The van der Waals surface area contributed by atoms with Crippen molar-refractivity contribution in [1.82, 2.24) is 4.90 Å². The summed E-state index contributed by atoms with van der Waals surface area (Å²) in [6, 6.07) is 0. The van der Waals surface area contributed by atoms with E-state index in [0.717, 1.165) is 13.1 Å². The molecule has 0 saturated carbocycles. The van der Waals surface area contributed by atoms with Crippen LogP contribution < -0.4 is 0 Å². The van der Waals surface area contributed by atoms with E-state index in [1.54, 1.807) is 6.92 Å². The van der Waals surface area contributed by atoms with E-state index < -0.39 is 5.54 Å². The normalized spacial score (nSPS) is 11.8. The minimum Gasteiger partial charge on any atom is -0.292 e. The van der Waals surface area contributed by atoms with Crippen molar-refractivity contribution >= 4 is 5.78 Å². The molecule has 0 atom stereocenters. The molecule has 2 heteroatoms. The predicted octanol–water partition coefficient (Wildman–Crippen LogP) is 2.25. The lowest BCUT2D eigenvalue weighted by Gasteiger charge is -2.35. The Labute approximate surface area is 81.6 Å². The molecule has 0 bridgehead atoms. The molecule has 0 aromatic carbocycles. The summed E-state index contributed by atoms with van der Waals surface area (Å²) < 4.78 is 0. The van der Waals surface area contributed by atoms with Crippen molar-refractivity contribution < 1.29 is 4.79 Å². The molecule has 0 aliphatic carbocycles. The summed E-state index contributed by atoms with van der Waals surface area (Å²) in [5, 5.41) is 0. The van der Waals surface area contributed by atoms with Crippen molar-refractivity contribution in [3.8, 4) is 0 Å². The van der Waals surface area contributed by atoms with Gasteiger partial charge in [-0.05, 0) is 39.4 Å². The van der Waals surface area contributed by atoms with Gasteiger partial charge in [0.2, 0.25) is 0 Å². The monoisotopic (exact) mass is 183 g/mol. The van der Waals surface area contributed by atoms with E-state index in [-0.39, 0.29) is 5.78 Å². The van der Waals surface area contributed by atoms with Gasteiger partial charge >= 0.3 is 0 Å². The Morgan fingerprint density at radius 3 is 1.92 bits per heavy atom. The van der Waals surface area contributed by atoms with Gasteiger partial charge in [0.25, 0.3) is 0 Å². The largest absolute Gasteiger partial charge is 0.292 e. The maximum Gasteiger partial charge on any atom is 0.177 e. The fraction of sp³-hybridized carbons (Fsp3) is 0.727. The van der Waals surface area contributed by atoms with E-state index in [0.29, 0.717) is 5.57 Å². The standard InChI is InChI=1S/C11H21NO/c1-7-12(8-2)11(5,6)10(13)9(3)4/h3,7-8H2,1-2,4-6H3. The number of nitrogens with zero attached hydrogens (tertiary/aromatic N) is 1. The summed E-state index contributed by atoms with van der Waals surface area (Å²) in [4.78, 5) is 13.9. The van der Waals surface area contributed by atoms with Crippen LogP contribution >= 0.6 is 0 Å². The number of carbonyl (C=O) groups excluding carboxylic acids is 1. The van der Waals surface area contributed by atoms with Gasteiger partial charge in [0.1, 0.15) is 0 Å². The molecule has 0 unspecified atom stereocenters. The first-order valence-electron chi connectivity index (χ1n) is 4.83. The fourth-order valence-electron chi connectivity index (χ4n) is 1.68. The smallest absolute Gasteiger partial charge is 0.177 e. The van der Waals surface area contributed by atoms with E-state index in [9.17, 15) is 4.79 Å². The van der Waals surface area contributed by atoms with Crippen LogP contribution in [0.5, 0.6) is 0 Å². The molecule has 0 aromatic heterocycles. The summed E-state index contributed by atoms with van der Waals surface area (Å²) in [6.07, 6.45) is 0. The summed E-state index contributed by atoms with van der Waals surface area (Å²) in [5.74, 6) is 0.135. The molecule has 0 N–H and O–H groups in total. The van der Waals surface area contributed by atoms with E-state index in [1.807, 2.05) is 13.8 Å². The second kappa shape index (κ2) is 4.56. The molecule has 76 valence electrons. The zero-order chi connectivity index (χ0) is 10.6. The van der Waals surface area contributed by atoms with Crippen LogP contribution in [0.1, 0.15) is 34.6 Å². The third-order valence-electron chi connectivity index (χ3n) is 2.50. The zero-order valence-electron chi connectivity index (χ0n) is 9.48. The molecule has 0 fully saturated rings. The number of likely N-dealkylation sites (N-methyl/N-ethyl adjacent to an activating group) is 1. The topological polar surface area (TPSA) is 20.3 Å². The molecule has 0 spiro atoms. The Kier molecular flexibility index (Phi) is 4.34. The Balaban J connectivity index is 4.71. The average Bonchev–Trinajstić information content (AvgIpc) is 2.04. The number of ketones is 1. The van der Waals surface area contributed by atoms with Crippen molar-refractivity contribution in [2.45, 2.75) is 40.2 Å². The maximum atomic E-state index is 11.8. The van der Waals surface area contributed by atoms with Gasteiger partial charge < -0.3 is 0 Å². The van der Waals surface area contributed by atoms with E-state index in [1.165, 1.54) is 0 Å². The first-order chi connectivity index (χ1) is 5.87. The highest BCUT2D eigenvalue weighted by Gasteiger charge is 2.32. The first kappa shape index (κ1) is 12.4. The molecule has 0 rings (SSSR count). The fourth-order valence-corrected chi connectivity index (χ4v) is 1.68. The van der Waals surface area contributed by atoms with Crippen LogP contribution in [0, 0.1) is 0 Å². The van der Waals surface area contributed by atoms with Gasteiger partial charge in [-0.25, -0.2) is 0 Å². The van der Waals surface area contributed by atoms with Crippen LogP contribution in [0.3, 0.4) is 0 Å². The van der Waals surface area contributed by atoms with Gasteiger partial charge in [0, 0.05) is 0 Å². The minimum absolute atomic E-state index is 0.135. The summed E-state index contributed by atoms with van der Waals surface area (Å²) in [5.41, 5.74) is 0.229. The van der Waals surface area contributed by atoms with Gasteiger partial charge in [-0.3, -0.25) is 9.69 Å². The van der Waals surface area contributed by atoms with Crippen molar-refractivity contribution in [1.29, 1.82) is 0 Å². The van der Waals surface area contributed by atoms with Gasteiger partial charge in [0.15, 0.2) is 5.78 Å². The highest BCUT2D eigenvalue weighted by molar-refractivity contribution is 6.01. The van der Waals surface area contributed by atoms with Crippen LogP contribution in [0.25, 0.3) is 0 Å². The van der Waals surface area contributed by atoms with Crippen molar-refractivity contribution in [2.24, 2.45) is 0 Å². The Morgan fingerprint density at radius 1 is 1.31 bits per heavy atom. The van der Waals surface area contributed by atoms with Gasteiger partial charge in [-0.15, -0.1) is 0 Å². The molecule has 0 aliphatic rings. The lowest BCUT2D eigenvalue weighted by atomic mass is 9.92. The van der Waals surface area contributed by atoms with Gasteiger partial charge in [0.05, 0.1) is 5.54 Å². The molecule has 0 aromatic rings. The molecule has 0 heterocycles. The second-order valence-corrected chi connectivity index (χ2v) is 3.84. The SMILES string of the molecule is C=C(C)C(=O)C(C)(C)N(CC)CC. The molecule has 0 aliphatic heterocycles. The summed E-state index contributed by atoms with van der Waals surface area (Å²) in [6.45, 7) is 15.3. The predicted molar refractivity (Wildman–Crippen MR) is 56.8 cm³/mol. The van der Waals surface area contributed by atoms with Crippen LogP contribution in [-0.2, 0) is 4.79 Å². The van der Waals surface area contributed by atoms with Gasteiger partial charge in [-0.1, -0.05) is 20.4 Å². The zero-order valence-corrected chi connectivity index (χ0v) is 9.48. The Hall–Kier alpha value is -0.630. The lowest BCUT2D eigenvalue weighted by Crippen LogP contribution is -2.50. The van der Waals surface area contributed by atoms with Crippen molar-refractivity contribution in [3.05, 3.63) is 12.2 Å². The quantitative estimate of drug-likeness (QED) is 0.609. The highest BCUT2D eigenvalue weighted by Crippen LogP contribution is 2.18. The third-order valence-corrected chi connectivity index (χ3v) is 2.50. The van der Waals surface area contributed by atoms with E-state index >= 15 is 0 Å². The Morgan fingerprint density at radius 2 is 1.69 bits per heavy atom. The van der Waals surface area contributed by atoms with E-state index in [2.05, 4.69) is 25.3 Å². The molecular formula is C11H21NO. The number of rotatable bonds is 5. The first-order valence-corrected chi connectivity index (χ1v) is 4.83. The van der Waals surface area contributed by atoms with Crippen LogP contribution in [0.15, 0.2) is 12.2 Å². The number of Topliss-reactive ketones (excluding diaryl/α,β-unsaturated/α-hetero) is 1. The summed E-state index contributed by atoms with van der Waals surface area (Å²) in [7, 11) is 0. The van der Waals surface area contributed by atoms with Gasteiger partial charge in [-0.2, -0.15) is 0 Å². The van der Waals surface area contributed by atoms with Crippen molar-refractivity contribution in [2.75, 3.05) is 13.1 Å². The molecule has 13 heavy (non-hydrogen) atoms. The van der Waals surface area contributed by atoms with Crippen LogP contribution in [0.2, 0.25) is 0 Å². The van der Waals surface area contributed by atoms with Crippen LogP contribution in [0.4, 0.5) is 0 Å². The maximum absolute atomic E-state index is 11.8. The molecule has 2 nitrogen and oxygen atoms in total. The molecule has 0 saturated heterocycles.